The van der Waals surface area contributed by atoms with Gasteiger partial charge in [-0.25, -0.2) is 9.59 Å². The van der Waals surface area contributed by atoms with E-state index in [4.69, 9.17) is 4.74 Å². The number of aliphatic hydroxyl groups excluding tert-OH is 1. The molecule has 0 unspecified atom stereocenters. The van der Waals surface area contributed by atoms with Crippen LogP contribution < -0.4 is 16.3 Å². The van der Waals surface area contributed by atoms with E-state index in [2.05, 4.69) is 27.6 Å². The fraction of sp³-hybridized carbons (Fsp3) is 0.395. The molecule has 3 heterocycles. The topological polar surface area (TPSA) is 169 Å². The molecule has 0 aliphatic heterocycles. The number of hydrogen-bond donors (Lipinski definition) is 6. The van der Waals surface area contributed by atoms with Gasteiger partial charge >= 0.3 is 11.7 Å². The van der Waals surface area contributed by atoms with Gasteiger partial charge in [0.05, 0.1) is 38.7 Å². The number of nitrogens with zero attached hydrogens (tertiary/aromatic N) is 2. The van der Waals surface area contributed by atoms with E-state index in [9.17, 15) is 29.7 Å². The Hall–Kier alpha value is -4.45. The van der Waals surface area contributed by atoms with Crippen molar-refractivity contribution < 1.29 is 39.1 Å². The number of imidazole rings is 1. The molecule has 2 aromatic carbocycles. The van der Waals surface area contributed by atoms with Crippen molar-refractivity contribution in [2.75, 3.05) is 25.5 Å². The minimum Gasteiger partial charge on any atom is -0.506 e. The summed E-state index contributed by atoms with van der Waals surface area (Å²) in [6.45, 7) is 3.45. The van der Waals surface area contributed by atoms with Crippen LogP contribution in [0.4, 0.5) is 15.1 Å². The average molecular weight is 788 g/mol. The number of fused-ring (bicyclic) bond motifs is 1. The van der Waals surface area contributed by atoms with Crippen LogP contribution in [-0.2, 0) is 33.0 Å². The molecule has 1 aliphatic carbocycles. The Bertz CT molecular complexity index is 1990. The van der Waals surface area contributed by atoms with Crippen LogP contribution in [0, 0.1) is 0 Å². The van der Waals surface area contributed by atoms with Crippen LogP contribution in [0.5, 0.6) is 5.75 Å². The minimum absolute atomic E-state index is 0. The lowest BCUT2D eigenvalue weighted by Gasteiger charge is -2.38. The number of amides is 1. The van der Waals surface area contributed by atoms with Crippen LogP contribution in [0.25, 0.3) is 11.0 Å². The molecule has 0 saturated heterocycles. The van der Waals surface area contributed by atoms with E-state index >= 15 is 0 Å². The van der Waals surface area contributed by atoms with Gasteiger partial charge in [0.25, 0.3) is 0 Å². The van der Waals surface area contributed by atoms with Gasteiger partial charge in [-0.05, 0) is 104 Å². The van der Waals surface area contributed by atoms with E-state index in [1.54, 1.807) is 16.7 Å². The van der Waals surface area contributed by atoms with Gasteiger partial charge in [0.1, 0.15) is 5.75 Å². The minimum atomic E-state index is -1.49. The molecule has 3 aromatic heterocycles. The number of thiophene rings is 2. The Labute approximate surface area is 319 Å². The van der Waals surface area contributed by atoms with E-state index in [1.165, 1.54) is 35.7 Å². The number of H-pyrrole nitrogens is 1. The molecule has 54 heavy (non-hydrogen) atoms. The molecule has 0 spiro atoms. The lowest BCUT2D eigenvalue weighted by atomic mass is 9.90. The first-order valence-electron chi connectivity index (χ1n) is 17.4. The number of carbonyl (C=O) groups excluding carboxylic acids is 1. The molecule has 1 atom stereocenters. The Morgan fingerprint density at radius 2 is 1.72 bits per heavy atom. The average Bonchev–Trinajstić information content (AvgIpc) is 3.91. The lowest BCUT2D eigenvalue weighted by molar-refractivity contribution is -0.170. The molecule has 292 valence electrons. The first kappa shape index (κ1) is 42.3. The molecule has 1 amide bonds. The van der Waals surface area contributed by atoms with Gasteiger partial charge < -0.3 is 40.6 Å². The van der Waals surface area contributed by atoms with Crippen LogP contribution in [-0.4, -0.2) is 73.9 Å². The number of halogens is 2. The summed E-state index contributed by atoms with van der Waals surface area (Å²) in [7, 11) is 2.11. The molecule has 1 aliphatic rings. The fourth-order valence-electron chi connectivity index (χ4n) is 7.04. The van der Waals surface area contributed by atoms with Crippen molar-refractivity contribution >= 4 is 51.3 Å². The third kappa shape index (κ3) is 9.43. The number of carboxylic acid groups (broad SMARTS) is 1. The van der Waals surface area contributed by atoms with Crippen LogP contribution in [0.15, 0.2) is 76.2 Å². The van der Waals surface area contributed by atoms with Gasteiger partial charge in [-0.1, -0.05) is 24.3 Å². The first-order chi connectivity index (χ1) is 25.0. The number of rotatable bonds is 16. The summed E-state index contributed by atoms with van der Waals surface area (Å²) in [5.41, 5.74) is 1.68. The number of carbonyl (C=O) groups is 2. The molecule has 0 radical (unpaired) electrons. The maximum Gasteiger partial charge on any atom is 0.347 e. The third-order valence-corrected chi connectivity index (χ3v) is 11.7. The zero-order valence-corrected chi connectivity index (χ0v) is 31.7. The van der Waals surface area contributed by atoms with Gasteiger partial charge in [-0.15, -0.1) is 22.7 Å². The summed E-state index contributed by atoms with van der Waals surface area (Å²) in [5.74, 6) is -1.38. The normalized spacial score (nSPS) is 16.4. The zero-order valence-electron chi connectivity index (χ0n) is 30.0. The zero-order chi connectivity index (χ0) is 36.8. The number of aliphatic carboxylic acids is 1. The molecular weight excluding hydrogens is 741 g/mol. The largest absolute Gasteiger partial charge is 0.506 e. The number of phenolic OH excluding ortho intramolecular Hbond substituents is 1. The van der Waals surface area contributed by atoms with Crippen molar-refractivity contribution in [3.8, 4) is 5.75 Å². The summed E-state index contributed by atoms with van der Waals surface area (Å²) in [6, 6.07) is 18.2. The molecule has 0 bridgehead atoms. The number of hydrogen-bond acceptors (Lipinski definition) is 10. The van der Waals surface area contributed by atoms with E-state index in [0.717, 1.165) is 55.2 Å². The predicted octanol–water partition coefficient (Wildman–Crippen LogP) is 5.92. The SMILES string of the molecule is CC(=O)Nc1cc([C@@H](O)CNCc2ccc3c(c2)[nH]c(=O)n3CCCN(C)C2CCC(OC(C(=O)O)(c3cccs3)c3cccs3)CC2)ccc1O.F.F. The summed E-state index contributed by atoms with van der Waals surface area (Å²) in [5, 5.41) is 40.6. The molecule has 12 nitrogen and oxygen atoms in total. The number of aliphatic hydroxyl groups is 1. The van der Waals surface area contributed by atoms with Gasteiger partial charge in [-0.2, -0.15) is 0 Å². The Morgan fingerprint density at radius 3 is 2.33 bits per heavy atom. The number of aromatic amines is 1. The van der Waals surface area contributed by atoms with Gasteiger partial charge in [0, 0.05) is 32.6 Å². The van der Waals surface area contributed by atoms with Gasteiger partial charge in [0.15, 0.2) is 0 Å². The molecule has 5 aromatic rings. The van der Waals surface area contributed by atoms with Crippen LogP contribution in [0.3, 0.4) is 0 Å². The number of anilines is 1. The number of aryl methyl sites for hydroxylation is 1. The quantitative estimate of drug-likeness (QED) is 0.0665. The lowest BCUT2D eigenvalue weighted by Crippen LogP contribution is -2.44. The third-order valence-electron chi connectivity index (χ3n) is 9.76. The molecule has 6 rings (SSSR count). The Morgan fingerprint density at radius 1 is 1.04 bits per heavy atom. The smallest absolute Gasteiger partial charge is 0.347 e. The van der Waals surface area contributed by atoms with Crippen molar-refractivity contribution in [1.82, 2.24) is 19.8 Å². The van der Waals surface area contributed by atoms with Crippen molar-refractivity contribution in [3.63, 3.8) is 0 Å². The van der Waals surface area contributed by atoms with Crippen molar-refractivity contribution in [2.45, 2.75) is 76.0 Å². The van der Waals surface area contributed by atoms with Crippen LogP contribution >= 0.6 is 22.7 Å². The summed E-state index contributed by atoms with van der Waals surface area (Å²) in [4.78, 5) is 43.8. The Kier molecular flexibility index (Phi) is 14.7. The number of nitrogens with one attached hydrogen (secondary N) is 3. The van der Waals surface area contributed by atoms with E-state index in [0.29, 0.717) is 34.4 Å². The highest BCUT2D eigenvalue weighted by molar-refractivity contribution is 7.12. The molecule has 1 saturated carbocycles. The second kappa shape index (κ2) is 18.7. The second-order valence-electron chi connectivity index (χ2n) is 13.4. The molecule has 6 N–H and O–H groups in total. The highest BCUT2D eigenvalue weighted by atomic mass is 32.1. The number of phenols is 1. The van der Waals surface area contributed by atoms with Crippen molar-refractivity contribution in [3.05, 3.63) is 103 Å². The Balaban J connectivity index is 0.00000325. The molecule has 16 heteroatoms. The van der Waals surface area contributed by atoms with Gasteiger partial charge in [-0.3, -0.25) is 18.8 Å². The van der Waals surface area contributed by atoms with E-state index in [-0.39, 0.29) is 45.1 Å². The first-order valence-corrected chi connectivity index (χ1v) is 19.2. The standard InChI is InChI=1S/C38H45N5O7S2.2FH/c1-24(44)40-30-21-26(9-15-32(30)45)33(46)23-39-22-25-8-14-31-29(20-25)41-37(49)43(31)17-5-16-42(2)27-10-12-28(13-11-27)50-38(36(47)48,34-6-3-18-51-34)35-7-4-19-52-35;;/h3-4,6-9,14-15,18-21,27-28,33,39,45-46H,5,10-13,16-17,22-23H2,1-2H3,(H,40,44)(H,41,49)(H,47,48);2*1H/t27?,28?,33-;;/m0../s1. The maximum absolute atomic E-state index is 12.9. The number of aromatic hydroxyl groups is 1. The number of aromatic nitrogens is 2. The van der Waals surface area contributed by atoms with Crippen molar-refractivity contribution in [1.29, 1.82) is 0 Å². The predicted molar refractivity (Wildman–Crippen MR) is 208 cm³/mol. The van der Waals surface area contributed by atoms with Crippen LogP contribution in [0.2, 0.25) is 0 Å². The van der Waals surface area contributed by atoms with Crippen molar-refractivity contribution in [2.24, 2.45) is 0 Å². The summed E-state index contributed by atoms with van der Waals surface area (Å²) in [6.07, 6.45) is 3.12. The van der Waals surface area contributed by atoms with E-state index in [1.807, 2.05) is 53.2 Å². The van der Waals surface area contributed by atoms with Gasteiger partial charge in [0.2, 0.25) is 11.5 Å². The monoisotopic (exact) mass is 787 g/mol. The highest BCUT2D eigenvalue weighted by Gasteiger charge is 2.48. The molecule has 1 fully saturated rings. The fourth-order valence-corrected chi connectivity index (χ4v) is 8.84. The molecular formula is C38H47F2N5O7S2. The second-order valence-corrected chi connectivity index (χ2v) is 15.3. The summed E-state index contributed by atoms with van der Waals surface area (Å²) >= 11 is 2.81. The van der Waals surface area contributed by atoms with Crippen LogP contribution in [0.1, 0.15) is 66.0 Å². The highest BCUT2D eigenvalue weighted by Crippen LogP contribution is 2.42. The maximum atomic E-state index is 12.9. The van der Waals surface area contributed by atoms with E-state index < -0.39 is 17.7 Å². The number of benzene rings is 2. The summed E-state index contributed by atoms with van der Waals surface area (Å²) < 4.78 is 8.32. The number of carboxylic acids is 1. The number of ether oxygens (including phenoxy) is 1.